The topological polar surface area (TPSA) is 64.2 Å². The van der Waals surface area contributed by atoms with Crippen molar-refractivity contribution < 1.29 is 4.79 Å². The molecule has 0 radical (unpaired) electrons. The van der Waals surface area contributed by atoms with Crippen LogP contribution in [0, 0.1) is 0 Å². The number of hydrogen-bond donors (Lipinski definition) is 1. The Bertz CT molecular complexity index is 548. The maximum Gasteiger partial charge on any atom is 0.239 e. The fraction of sp³-hybridized carbons (Fsp3) is 0.286. The summed E-state index contributed by atoms with van der Waals surface area (Å²) in [7, 11) is 1.74. The molecule has 2 rings (SSSR count). The summed E-state index contributed by atoms with van der Waals surface area (Å²) in [6.07, 6.45) is 3.68. The fourth-order valence-electron chi connectivity index (χ4n) is 1.86. The highest BCUT2D eigenvalue weighted by Crippen LogP contribution is 2.09. The summed E-state index contributed by atoms with van der Waals surface area (Å²) < 4.78 is 1.79. The van der Waals surface area contributed by atoms with E-state index in [-0.39, 0.29) is 5.91 Å². The average Bonchev–Trinajstić information content (AvgIpc) is 2.87. The molecular formula is C14H18N4O. The molecule has 0 saturated heterocycles. The standard InChI is InChI=1S/C14H18N4O/c1-11(15)14(19)17(2)9-12-8-16-18(10-12)13-6-4-3-5-7-13/h3-8,10-11H,9,15H2,1-2H3/t11-/m1/s1. The molecule has 2 aromatic rings. The van der Waals surface area contributed by atoms with Crippen LogP contribution in [0.1, 0.15) is 12.5 Å². The van der Waals surface area contributed by atoms with E-state index in [2.05, 4.69) is 5.10 Å². The molecule has 0 saturated carbocycles. The van der Waals surface area contributed by atoms with Crippen molar-refractivity contribution in [2.45, 2.75) is 19.5 Å². The smallest absolute Gasteiger partial charge is 0.239 e. The van der Waals surface area contributed by atoms with Gasteiger partial charge in [-0.1, -0.05) is 18.2 Å². The van der Waals surface area contributed by atoms with Crippen molar-refractivity contribution in [3.63, 3.8) is 0 Å². The maximum absolute atomic E-state index is 11.7. The number of likely N-dealkylation sites (N-methyl/N-ethyl adjacent to an activating group) is 1. The molecule has 0 aliphatic rings. The Hall–Kier alpha value is -2.14. The normalized spacial score (nSPS) is 12.2. The third-order valence-corrected chi connectivity index (χ3v) is 2.84. The van der Waals surface area contributed by atoms with Gasteiger partial charge in [0.05, 0.1) is 17.9 Å². The second-order valence-corrected chi connectivity index (χ2v) is 4.61. The summed E-state index contributed by atoms with van der Waals surface area (Å²) in [5.41, 5.74) is 7.54. The Morgan fingerprint density at radius 1 is 1.42 bits per heavy atom. The first-order valence-electron chi connectivity index (χ1n) is 6.17. The Balaban J connectivity index is 2.08. The van der Waals surface area contributed by atoms with Gasteiger partial charge in [0.1, 0.15) is 0 Å². The number of amides is 1. The predicted octanol–water partition coefficient (Wildman–Crippen LogP) is 1.18. The lowest BCUT2D eigenvalue weighted by Gasteiger charge is -2.18. The van der Waals surface area contributed by atoms with Gasteiger partial charge in [0.25, 0.3) is 0 Å². The van der Waals surface area contributed by atoms with Gasteiger partial charge in [0, 0.05) is 25.4 Å². The molecule has 100 valence electrons. The van der Waals surface area contributed by atoms with Crippen LogP contribution in [0.3, 0.4) is 0 Å². The van der Waals surface area contributed by atoms with Crippen molar-refractivity contribution in [3.05, 3.63) is 48.3 Å². The number of hydrogen-bond acceptors (Lipinski definition) is 3. The van der Waals surface area contributed by atoms with Gasteiger partial charge >= 0.3 is 0 Å². The summed E-state index contributed by atoms with van der Waals surface area (Å²) in [5, 5.41) is 4.29. The zero-order valence-electron chi connectivity index (χ0n) is 11.2. The molecule has 1 heterocycles. The number of para-hydroxylation sites is 1. The van der Waals surface area contributed by atoms with E-state index in [0.717, 1.165) is 11.3 Å². The second-order valence-electron chi connectivity index (χ2n) is 4.61. The van der Waals surface area contributed by atoms with Gasteiger partial charge in [-0.05, 0) is 19.1 Å². The largest absolute Gasteiger partial charge is 0.340 e. The van der Waals surface area contributed by atoms with E-state index in [1.54, 1.807) is 29.7 Å². The predicted molar refractivity (Wildman–Crippen MR) is 73.7 cm³/mol. The van der Waals surface area contributed by atoms with Crippen LogP contribution in [0.25, 0.3) is 5.69 Å². The monoisotopic (exact) mass is 258 g/mol. The molecule has 5 nitrogen and oxygen atoms in total. The van der Waals surface area contributed by atoms with Gasteiger partial charge in [0.15, 0.2) is 0 Å². The van der Waals surface area contributed by atoms with E-state index in [4.69, 9.17) is 5.73 Å². The number of nitrogens with zero attached hydrogens (tertiary/aromatic N) is 3. The molecule has 2 N–H and O–H groups in total. The van der Waals surface area contributed by atoms with Crippen LogP contribution < -0.4 is 5.73 Å². The van der Waals surface area contributed by atoms with Crippen LogP contribution in [-0.2, 0) is 11.3 Å². The minimum absolute atomic E-state index is 0.0764. The van der Waals surface area contributed by atoms with E-state index in [1.807, 2.05) is 36.5 Å². The Morgan fingerprint density at radius 3 is 2.74 bits per heavy atom. The lowest BCUT2D eigenvalue weighted by molar-refractivity contribution is -0.131. The van der Waals surface area contributed by atoms with Crippen molar-refractivity contribution >= 4 is 5.91 Å². The lowest BCUT2D eigenvalue weighted by atomic mass is 10.2. The average molecular weight is 258 g/mol. The number of benzene rings is 1. The van der Waals surface area contributed by atoms with Gasteiger partial charge in [0.2, 0.25) is 5.91 Å². The van der Waals surface area contributed by atoms with Crippen molar-refractivity contribution in [1.29, 1.82) is 0 Å². The molecule has 19 heavy (non-hydrogen) atoms. The summed E-state index contributed by atoms with van der Waals surface area (Å²) in [6.45, 7) is 2.19. The summed E-state index contributed by atoms with van der Waals surface area (Å²) >= 11 is 0. The Morgan fingerprint density at radius 2 is 2.11 bits per heavy atom. The number of rotatable bonds is 4. The Kier molecular flexibility index (Phi) is 3.97. The first-order valence-corrected chi connectivity index (χ1v) is 6.17. The van der Waals surface area contributed by atoms with Gasteiger partial charge in [-0.25, -0.2) is 4.68 Å². The molecule has 0 aliphatic carbocycles. The van der Waals surface area contributed by atoms with Crippen LogP contribution in [0.2, 0.25) is 0 Å². The Labute approximate surface area is 112 Å². The molecule has 0 unspecified atom stereocenters. The first-order chi connectivity index (χ1) is 9.08. The van der Waals surface area contributed by atoms with Crippen LogP contribution in [0.15, 0.2) is 42.7 Å². The molecule has 0 fully saturated rings. The first kappa shape index (κ1) is 13.3. The van der Waals surface area contributed by atoms with E-state index in [9.17, 15) is 4.79 Å². The highest BCUT2D eigenvalue weighted by molar-refractivity contribution is 5.80. The van der Waals surface area contributed by atoms with Crippen molar-refractivity contribution in [2.24, 2.45) is 5.73 Å². The number of aromatic nitrogens is 2. The van der Waals surface area contributed by atoms with Crippen LogP contribution >= 0.6 is 0 Å². The summed E-state index contributed by atoms with van der Waals surface area (Å²) in [6, 6.07) is 9.36. The van der Waals surface area contributed by atoms with Crippen LogP contribution in [-0.4, -0.2) is 33.7 Å². The van der Waals surface area contributed by atoms with Gasteiger partial charge in [-0.2, -0.15) is 5.10 Å². The zero-order chi connectivity index (χ0) is 13.8. The molecule has 1 aromatic carbocycles. The lowest BCUT2D eigenvalue weighted by Crippen LogP contribution is -2.39. The molecule has 5 heteroatoms. The van der Waals surface area contributed by atoms with Crippen molar-refractivity contribution in [1.82, 2.24) is 14.7 Å². The third-order valence-electron chi connectivity index (χ3n) is 2.84. The minimum atomic E-state index is -0.478. The molecular weight excluding hydrogens is 240 g/mol. The van der Waals surface area contributed by atoms with E-state index in [1.165, 1.54) is 0 Å². The molecule has 0 spiro atoms. The highest BCUT2D eigenvalue weighted by atomic mass is 16.2. The van der Waals surface area contributed by atoms with Crippen molar-refractivity contribution in [3.8, 4) is 5.69 Å². The van der Waals surface area contributed by atoms with E-state index >= 15 is 0 Å². The summed E-state index contributed by atoms with van der Waals surface area (Å²) in [4.78, 5) is 13.3. The second kappa shape index (κ2) is 5.67. The molecule has 0 aliphatic heterocycles. The van der Waals surface area contributed by atoms with Crippen LogP contribution in [0.5, 0.6) is 0 Å². The fourth-order valence-corrected chi connectivity index (χ4v) is 1.86. The quantitative estimate of drug-likeness (QED) is 0.895. The van der Waals surface area contributed by atoms with E-state index < -0.39 is 6.04 Å². The van der Waals surface area contributed by atoms with Gasteiger partial charge < -0.3 is 10.6 Å². The van der Waals surface area contributed by atoms with E-state index in [0.29, 0.717) is 6.54 Å². The third kappa shape index (κ3) is 3.20. The highest BCUT2D eigenvalue weighted by Gasteiger charge is 2.14. The maximum atomic E-state index is 11.7. The number of carbonyl (C=O) groups is 1. The molecule has 1 atom stereocenters. The van der Waals surface area contributed by atoms with Gasteiger partial charge in [-0.15, -0.1) is 0 Å². The van der Waals surface area contributed by atoms with Crippen LogP contribution in [0.4, 0.5) is 0 Å². The zero-order valence-corrected chi connectivity index (χ0v) is 11.2. The molecule has 0 bridgehead atoms. The minimum Gasteiger partial charge on any atom is -0.340 e. The SMILES string of the molecule is C[C@@H](N)C(=O)N(C)Cc1cnn(-c2ccccc2)c1. The molecule has 1 amide bonds. The molecule has 1 aromatic heterocycles. The number of carbonyl (C=O) groups excluding carboxylic acids is 1. The van der Waals surface area contributed by atoms with Gasteiger partial charge in [-0.3, -0.25) is 4.79 Å². The van der Waals surface area contributed by atoms with Crippen molar-refractivity contribution in [2.75, 3.05) is 7.05 Å². The summed E-state index contributed by atoms with van der Waals surface area (Å²) in [5.74, 6) is -0.0764. The number of nitrogens with two attached hydrogens (primary N) is 1.